The highest BCUT2D eigenvalue weighted by molar-refractivity contribution is 6.34. The molecule has 1 aromatic heterocycles. The molecule has 2 unspecified atom stereocenters. The number of piperidine rings is 2. The van der Waals surface area contributed by atoms with Crippen LogP contribution in [0.15, 0.2) is 12.1 Å². The van der Waals surface area contributed by atoms with E-state index in [1.165, 1.54) is 0 Å². The van der Waals surface area contributed by atoms with Gasteiger partial charge in [-0.3, -0.25) is 9.59 Å². The molecule has 0 aliphatic carbocycles. The van der Waals surface area contributed by atoms with E-state index < -0.39 is 0 Å². The predicted molar refractivity (Wildman–Crippen MR) is 79.4 cm³/mol. The third kappa shape index (κ3) is 2.99. The second-order valence-corrected chi connectivity index (χ2v) is 6.23. The second-order valence-electron chi connectivity index (χ2n) is 5.48. The van der Waals surface area contributed by atoms with Crippen molar-refractivity contribution in [3.05, 3.63) is 28.0 Å². The minimum atomic E-state index is -0.125. The molecule has 0 radical (unpaired) electrons. The third-order valence-corrected chi connectivity index (χ3v) is 4.65. The Morgan fingerprint density at radius 3 is 2.90 bits per heavy atom. The predicted octanol–water partition coefficient (Wildman–Crippen LogP) is 2.13. The molecule has 0 spiro atoms. The first-order valence-corrected chi connectivity index (χ1v) is 7.71. The maximum absolute atomic E-state index is 12.5. The molecule has 0 aromatic carbocycles. The van der Waals surface area contributed by atoms with Gasteiger partial charge in [-0.2, -0.15) is 0 Å². The maximum atomic E-state index is 12.5. The van der Waals surface area contributed by atoms with E-state index in [1.807, 2.05) is 0 Å². The molecule has 2 aliphatic rings. The number of hydrogen-bond donors (Lipinski definition) is 1. The minimum Gasteiger partial charge on any atom is -0.353 e. The van der Waals surface area contributed by atoms with Gasteiger partial charge < -0.3 is 10.2 Å². The Labute approximate surface area is 132 Å². The number of likely N-dealkylation sites (tertiary alicyclic amines) is 1. The second kappa shape index (κ2) is 5.81. The summed E-state index contributed by atoms with van der Waals surface area (Å²) in [5.74, 6) is 0.305. The van der Waals surface area contributed by atoms with Gasteiger partial charge in [-0.1, -0.05) is 23.2 Å². The summed E-state index contributed by atoms with van der Waals surface area (Å²) in [6.45, 7) is 1.25. The molecule has 2 saturated heterocycles. The fourth-order valence-corrected chi connectivity index (χ4v) is 3.46. The lowest BCUT2D eigenvalue weighted by atomic mass is 9.85. The number of rotatable bonds is 1. The molecule has 2 aliphatic heterocycles. The van der Waals surface area contributed by atoms with Crippen molar-refractivity contribution < 1.29 is 9.59 Å². The lowest BCUT2D eigenvalue weighted by molar-refractivity contribution is -0.125. The molecular weight excluding hydrogens is 313 g/mol. The maximum Gasteiger partial charge on any atom is 0.256 e. The van der Waals surface area contributed by atoms with Crippen LogP contribution in [0, 0.1) is 5.92 Å². The quantitative estimate of drug-likeness (QED) is 0.804. The van der Waals surface area contributed by atoms with Crippen molar-refractivity contribution in [2.75, 3.05) is 13.1 Å². The Hall–Kier alpha value is -1.33. The molecule has 1 N–H and O–H groups in total. The lowest BCUT2D eigenvalue weighted by Gasteiger charge is -2.41. The van der Waals surface area contributed by atoms with Gasteiger partial charge in [0, 0.05) is 25.6 Å². The van der Waals surface area contributed by atoms with Crippen LogP contribution < -0.4 is 5.32 Å². The molecule has 0 bridgehead atoms. The number of pyridine rings is 1. The van der Waals surface area contributed by atoms with Crippen molar-refractivity contribution in [2.45, 2.75) is 25.3 Å². The lowest BCUT2D eigenvalue weighted by Crippen LogP contribution is -2.55. The summed E-state index contributed by atoms with van der Waals surface area (Å²) < 4.78 is 0. The van der Waals surface area contributed by atoms with E-state index in [0.29, 0.717) is 31.0 Å². The van der Waals surface area contributed by atoms with Crippen LogP contribution in [0.2, 0.25) is 10.3 Å². The van der Waals surface area contributed by atoms with Crippen LogP contribution in [0.1, 0.15) is 29.6 Å². The molecule has 21 heavy (non-hydrogen) atoms. The fourth-order valence-electron chi connectivity index (χ4n) is 3.04. The van der Waals surface area contributed by atoms with Crippen molar-refractivity contribution in [3.8, 4) is 0 Å². The number of fused-ring (bicyclic) bond motifs is 1. The van der Waals surface area contributed by atoms with Gasteiger partial charge in [-0.25, -0.2) is 4.98 Å². The Kier molecular flexibility index (Phi) is 4.04. The number of carbonyl (C=O) groups excluding carboxylic acids is 2. The fraction of sp³-hybridized carbons (Fsp3) is 0.500. The van der Waals surface area contributed by atoms with Crippen molar-refractivity contribution in [3.63, 3.8) is 0 Å². The highest BCUT2D eigenvalue weighted by Gasteiger charge is 2.35. The van der Waals surface area contributed by atoms with E-state index in [0.717, 1.165) is 12.8 Å². The molecule has 2 fully saturated rings. The monoisotopic (exact) mass is 327 g/mol. The van der Waals surface area contributed by atoms with Gasteiger partial charge in [0.05, 0.1) is 5.56 Å². The van der Waals surface area contributed by atoms with Gasteiger partial charge in [0.1, 0.15) is 10.3 Å². The Balaban J connectivity index is 1.73. The van der Waals surface area contributed by atoms with E-state index >= 15 is 0 Å². The summed E-state index contributed by atoms with van der Waals surface area (Å²) >= 11 is 11.8. The molecule has 112 valence electrons. The van der Waals surface area contributed by atoms with Crippen LogP contribution in [-0.4, -0.2) is 40.8 Å². The van der Waals surface area contributed by atoms with Crippen molar-refractivity contribution in [1.82, 2.24) is 15.2 Å². The molecule has 2 amide bonds. The summed E-state index contributed by atoms with van der Waals surface area (Å²) in [7, 11) is 0. The van der Waals surface area contributed by atoms with E-state index in [1.54, 1.807) is 17.0 Å². The van der Waals surface area contributed by atoms with Crippen LogP contribution >= 0.6 is 23.2 Å². The number of carbonyl (C=O) groups is 2. The number of nitrogens with one attached hydrogen (secondary N) is 1. The largest absolute Gasteiger partial charge is 0.353 e. The Morgan fingerprint density at radius 1 is 1.33 bits per heavy atom. The molecule has 3 heterocycles. The Morgan fingerprint density at radius 2 is 2.14 bits per heavy atom. The van der Waals surface area contributed by atoms with Crippen LogP contribution in [0.5, 0.6) is 0 Å². The summed E-state index contributed by atoms with van der Waals surface area (Å²) in [6.07, 6.45) is 2.14. The molecular formula is C14H15Cl2N3O2. The number of nitrogens with zero attached hydrogens (tertiary/aromatic N) is 2. The van der Waals surface area contributed by atoms with Gasteiger partial charge >= 0.3 is 0 Å². The van der Waals surface area contributed by atoms with Crippen molar-refractivity contribution >= 4 is 35.0 Å². The third-order valence-electron chi connectivity index (χ3n) is 4.15. The molecule has 2 atom stereocenters. The number of hydrogen-bond acceptors (Lipinski definition) is 3. The SMILES string of the molecule is O=C1CCC2CN(C(=O)c3ccc(Cl)nc3Cl)CCC2N1. The first-order valence-electron chi connectivity index (χ1n) is 6.95. The normalized spacial score (nSPS) is 25.2. The average Bonchev–Trinajstić information content (AvgIpc) is 2.46. The molecule has 7 heteroatoms. The minimum absolute atomic E-state index is 0.112. The highest BCUT2D eigenvalue weighted by Crippen LogP contribution is 2.27. The van der Waals surface area contributed by atoms with Crippen molar-refractivity contribution in [1.29, 1.82) is 0 Å². The number of halogens is 2. The van der Waals surface area contributed by atoms with Crippen molar-refractivity contribution in [2.24, 2.45) is 5.92 Å². The van der Waals surface area contributed by atoms with E-state index in [9.17, 15) is 9.59 Å². The molecule has 1 aromatic rings. The van der Waals surface area contributed by atoms with Gasteiger partial charge in [0.15, 0.2) is 0 Å². The van der Waals surface area contributed by atoms with Gasteiger partial charge in [0.2, 0.25) is 5.91 Å². The van der Waals surface area contributed by atoms with E-state index in [-0.39, 0.29) is 28.2 Å². The van der Waals surface area contributed by atoms with Crippen LogP contribution in [-0.2, 0) is 4.79 Å². The first-order chi connectivity index (χ1) is 10.0. The standard InChI is InChI=1S/C14H15Cl2N3O2/c15-11-3-2-9(13(16)18-11)14(21)19-6-5-10-8(7-19)1-4-12(20)17-10/h2-3,8,10H,1,4-7H2,(H,17,20). The average molecular weight is 328 g/mol. The van der Waals surface area contributed by atoms with Gasteiger partial charge in [0.25, 0.3) is 5.91 Å². The highest BCUT2D eigenvalue weighted by atomic mass is 35.5. The molecule has 3 rings (SSSR count). The van der Waals surface area contributed by atoms with Gasteiger partial charge in [-0.15, -0.1) is 0 Å². The topological polar surface area (TPSA) is 62.3 Å². The zero-order chi connectivity index (χ0) is 15.0. The molecule has 0 saturated carbocycles. The summed E-state index contributed by atoms with van der Waals surface area (Å²) in [6, 6.07) is 3.36. The van der Waals surface area contributed by atoms with Gasteiger partial charge in [-0.05, 0) is 30.9 Å². The van der Waals surface area contributed by atoms with Crippen LogP contribution in [0.4, 0.5) is 0 Å². The Bertz CT molecular complexity index is 594. The summed E-state index contributed by atoms with van der Waals surface area (Å²) in [4.78, 5) is 29.6. The summed E-state index contributed by atoms with van der Waals surface area (Å²) in [5.41, 5.74) is 0.374. The van der Waals surface area contributed by atoms with Crippen LogP contribution in [0.3, 0.4) is 0 Å². The number of amides is 2. The zero-order valence-corrected chi connectivity index (χ0v) is 12.8. The smallest absolute Gasteiger partial charge is 0.256 e. The molecule has 5 nitrogen and oxygen atoms in total. The van der Waals surface area contributed by atoms with Crippen LogP contribution in [0.25, 0.3) is 0 Å². The summed E-state index contributed by atoms with van der Waals surface area (Å²) in [5, 5.41) is 3.40. The van der Waals surface area contributed by atoms with E-state index in [4.69, 9.17) is 23.2 Å². The first kappa shape index (κ1) is 14.6. The van der Waals surface area contributed by atoms with E-state index in [2.05, 4.69) is 10.3 Å². The number of aromatic nitrogens is 1. The zero-order valence-electron chi connectivity index (χ0n) is 11.3.